The lowest BCUT2D eigenvalue weighted by atomic mass is 10.2. The van der Waals surface area contributed by atoms with Crippen LogP contribution in [0.25, 0.3) is 10.9 Å². The maximum Gasteiger partial charge on any atom is 0.146 e. The molecule has 4 heteroatoms. The highest BCUT2D eigenvalue weighted by Gasteiger charge is 2.05. The molecule has 0 amide bonds. The second-order valence-electron chi connectivity index (χ2n) is 4.36. The summed E-state index contributed by atoms with van der Waals surface area (Å²) in [6, 6.07) is 15.2. The Morgan fingerprint density at radius 3 is 2.75 bits per heavy atom. The standard InChI is InChI=1S/C16H11Cl2NO/c17-10-11-3-6-16(14(18)8-11)20-13-5-4-12-2-1-7-19-15(12)9-13/h1-9H,10H2. The van der Waals surface area contributed by atoms with Crippen molar-refractivity contribution in [1.82, 2.24) is 4.98 Å². The van der Waals surface area contributed by atoms with E-state index in [1.807, 2.05) is 48.5 Å². The van der Waals surface area contributed by atoms with Crippen LogP contribution in [0.5, 0.6) is 11.5 Å². The predicted molar refractivity (Wildman–Crippen MR) is 82.8 cm³/mol. The van der Waals surface area contributed by atoms with Gasteiger partial charge in [0, 0.05) is 23.5 Å². The van der Waals surface area contributed by atoms with Gasteiger partial charge in [0.05, 0.1) is 10.5 Å². The average Bonchev–Trinajstić information content (AvgIpc) is 2.49. The van der Waals surface area contributed by atoms with Crippen molar-refractivity contribution >= 4 is 34.1 Å². The molecule has 0 aliphatic carbocycles. The van der Waals surface area contributed by atoms with E-state index in [1.165, 1.54) is 0 Å². The van der Waals surface area contributed by atoms with Gasteiger partial charge in [-0.05, 0) is 35.9 Å². The van der Waals surface area contributed by atoms with Gasteiger partial charge in [0.15, 0.2) is 0 Å². The van der Waals surface area contributed by atoms with Crippen molar-refractivity contribution in [3.8, 4) is 11.5 Å². The molecule has 1 aromatic heterocycles. The number of hydrogen-bond donors (Lipinski definition) is 0. The number of fused-ring (bicyclic) bond motifs is 1. The Morgan fingerprint density at radius 2 is 1.95 bits per heavy atom. The Kier molecular flexibility index (Phi) is 3.77. The highest BCUT2D eigenvalue weighted by molar-refractivity contribution is 6.32. The minimum atomic E-state index is 0.430. The van der Waals surface area contributed by atoms with Crippen molar-refractivity contribution in [3.63, 3.8) is 0 Å². The molecule has 3 rings (SSSR count). The summed E-state index contributed by atoms with van der Waals surface area (Å²) in [6.45, 7) is 0. The van der Waals surface area contributed by atoms with Crippen LogP contribution in [-0.2, 0) is 5.88 Å². The molecule has 20 heavy (non-hydrogen) atoms. The third-order valence-corrected chi connectivity index (χ3v) is 3.56. The highest BCUT2D eigenvalue weighted by atomic mass is 35.5. The quantitative estimate of drug-likeness (QED) is 0.603. The van der Waals surface area contributed by atoms with Crippen LogP contribution < -0.4 is 4.74 Å². The van der Waals surface area contributed by atoms with Crippen LogP contribution in [0.2, 0.25) is 5.02 Å². The number of halogens is 2. The number of alkyl halides is 1. The summed E-state index contributed by atoms with van der Waals surface area (Å²) >= 11 is 11.9. The topological polar surface area (TPSA) is 22.1 Å². The Bertz CT molecular complexity index is 758. The van der Waals surface area contributed by atoms with E-state index < -0.39 is 0 Å². The molecule has 0 fully saturated rings. The molecule has 0 radical (unpaired) electrons. The van der Waals surface area contributed by atoms with Crippen LogP contribution >= 0.6 is 23.2 Å². The van der Waals surface area contributed by atoms with Crippen molar-refractivity contribution in [1.29, 1.82) is 0 Å². The monoisotopic (exact) mass is 303 g/mol. The summed E-state index contributed by atoms with van der Waals surface area (Å²) in [6.07, 6.45) is 1.76. The third kappa shape index (κ3) is 2.72. The minimum absolute atomic E-state index is 0.430. The summed E-state index contributed by atoms with van der Waals surface area (Å²) in [7, 11) is 0. The van der Waals surface area contributed by atoms with Gasteiger partial charge in [0.1, 0.15) is 11.5 Å². The van der Waals surface area contributed by atoms with E-state index in [0.717, 1.165) is 16.5 Å². The van der Waals surface area contributed by atoms with Crippen LogP contribution in [-0.4, -0.2) is 4.98 Å². The molecule has 100 valence electrons. The molecule has 1 heterocycles. The Balaban J connectivity index is 1.92. The molecule has 0 saturated heterocycles. The SMILES string of the molecule is ClCc1ccc(Oc2ccc3cccnc3c2)c(Cl)c1. The van der Waals surface area contributed by atoms with Gasteiger partial charge in [-0.2, -0.15) is 0 Å². The van der Waals surface area contributed by atoms with Crippen LogP contribution in [0.1, 0.15) is 5.56 Å². The predicted octanol–water partition coefficient (Wildman–Crippen LogP) is 5.42. The number of rotatable bonds is 3. The smallest absolute Gasteiger partial charge is 0.146 e. The summed E-state index contributed by atoms with van der Waals surface area (Å²) in [5.74, 6) is 1.74. The van der Waals surface area contributed by atoms with E-state index in [4.69, 9.17) is 27.9 Å². The fourth-order valence-corrected chi connectivity index (χ4v) is 2.35. The first-order valence-corrected chi connectivity index (χ1v) is 7.04. The number of ether oxygens (including phenoxy) is 1. The average molecular weight is 304 g/mol. The molecule has 0 bridgehead atoms. The first-order chi connectivity index (χ1) is 9.76. The Labute approximate surface area is 126 Å². The molecular weight excluding hydrogens is 293 g/mol. The normalized spacial score (nSPS) is 10.7. The van der Waals surface area contributed by atoms with Gasteiger partial charge in [-0.3, -0.25) is 4.98 Å². The fraction of sp³-hybridized carbons (Fsp3) is 0.0625. The van der Waals surface area contributed by atoms with Crippen molar-refractivity contribution in [2.45, 2.75) is 5.88 Å². The van der Waals surface area contributed by atoms with E-state index >= 15 is 0 Å². The highest BCUT2D eigenvalue weighted by Crippen LogP contribution is 2.31. The number of hydrogen-bond acceptors (Lipinski definition) is 2. The molecule has 0 atom stereocenters. The third-order valence-electron chi connectivity index (χ3n) is 2.96. The zero-order valence-corrected chi connectivity index (χ0v) is 12.0. The van der Waals surface area contributed by atoms with Gasteiger partial charge in [-0.25, -0.2) is 0 Å². The number of pyridine rings is 1. The zero-order chi connectivity index (χ0) is 13.9. The van der Waals surface area contributed by atoms with Crippen LogP contribution in [0.4, 0.5) is 0 Å². The maximum absolute atomic E-state index is 6.18. The Hall–Kier alpha value is -1.77. The van der Waals surface area contributed by atoms with E-state index in [1.54, 1.807) is 6.20 Å². The van der Waals surface area contributed by atoms with Gasteiger partial charge < -0.3 is 4.74 Å². The van der Waals surface area contributed by atoms with Gasteiger partial charge in [-0.15, -0.1) is 11.6 Å². The van der Waals surface area contributed by atoms with Crippen molar-refractivity contribution in [3.05, 3.63) is 65.3 Å². The second-order valence-corrected chi connectivity index (χ2v) is 5.03. The van der Waals surface area contributed by atoms with E-state index in [-0.39, 0.29) is 0 Å². The lowest BCUT2D eigenvalue weighted by Gasteiger charge is -2.09. The number of nitrogens with zero attached hydrogens (tertiary/aromatic N) is 1. The molecule has 0 spiro atoms. The molecule has 0 saturated carbocycles. The first kappa shape index (κ1) is 13.2. The second kappa shape index (κ2) is 5.70. The van der Waals surface area contributed by atoms with Gasteiger partial charge in [0.2, 0.25) is 0 Å². The van der Waals surface area contributed by atoms with Crippen LogP contribution in [0.15, 0.2) is 54.7 Å². The number of aromatic nitrogens is 1. The fourth-order valence-electron chi connectivity index (χ4n) is 1.95. The zero-order valence-electron chi connectivity index (χ0n) is 10.5. The largest absolute Gasteiger partial charge is 0.456 e. The van der Waals surface area contributed by atoms with Crippen LogP contribution in [0, 0.1) is 0 Å². The molecule has 0 aliphatic heterocycles. The van der Waals surface area contributed by atoms with E-state index in [0.29, 0.717) is 22.4 Å². The number of benzene rings is 2. The van der Waals surface area contributed by atoms with Crippen molar-refractivity contribution < 1.29 is 4.74 Å². The van der Waals surface area contributed by atoms with E-state index in [2.05, 4.69) is 4.98 Å². The molecular formula is C16H11Cl2NO. The molecule has 0 N–H and O–H groups in total. The Morgan fingerprint density at radius 1 is 1.05 bits per heavy atom. The first-order valence-electron chi connectivity index (χ1n) is 6.13. The molecule has 0 aliphatic rings. The van der Waals surface area contributed by atoms with Crippen molar-refractivity contribution in [2.75, 3.05) is 0 Å². The molecule has 2 nitrogen and oxygen atoms in total. The van der Waals surface area contributed by atoms with Crippen LogP contribution in [0.3, 0.4) is 0 Å². The van der Waals surface area contributed by atoms with Crippen molar-refractivity contribution in [2.24, 2.45) is 0 Å². The summed E-state index contributed by atoms with van der Waals surface area (Å²) in [5, 5.41) is 1.62. The summed E-state index contributed by atoms with van der Waals surface area (Å²) in [4.78, 5) is 4.30. The molecule has 0 unspecified atom stereocenters. The van der Waals surface area contributed by atoms with E-state index in [9.17, 15) is 0 Å². The summed E-state index contributed by atoms with van der Waals surface area (Å²) < 4.78 is 5.80. The summed E-state index contributed by atoms with van der Waals surface area (Å²) in [5.41, 5.74) is 1.85. The van der Waals surface area contributed by atoms with Gasteiger partial charge >= 0.3 is 0 Å². The lowest BCUT2D eigenvalue weighted by molar-refractivity contribution is 0.483. The molecule has 3 aromatic rings. The maximum atomic E-state index is 6.18. The molecule has 2 aromatic carbocycles. The van der Waals surface area contributed by atoms with Gasteiger partial charge in [0.25, 0.3) is 0 Å². The minimum Gasteiger partial charge on any atom is -0.456 e. The lowest BCUT2D eigenvalue weighted by Crippen LogP contribution is -1.88. The van der Waals surface area contributed by atoms with Gasteiger partial charge in [-0.1, -0.05) is 23.7 Å².